The highest BCUT2D eigenvalue weighted by Crippen LogP contribution is 2.61. The largest absolute Gasteiger partial charge is 0.0689 e. The summed E-state index contributed by atoms with van der Waals surface area (Å²) in [7, 11) is -1.16. The zero-order valence-corrected chi connectivity index (χ0v) is 16.4. The molecule has 0 aromatic rings. The van der Waals surface area contributed by atoms with Crippen molar-refractivity contribution < 1.29 is 0 Å². The number of hydrogen-bond acceptors (Lipinski definition) is 0. The van der Waals surface area contributed by atoms with Gasteiger partial charge in [-0.3, -0.25) is 0 Å². The predicted octanol–water partition coefficient (Wildman–Crippen LogP) is 6.59. The third-order valence-corrected chi connectivity index (χ3v) is 14.2. The summed E-state index contributed by atoms with van der Waals surface area (Å²) in [5, 5.41) is 0. The molecule has 0 aromatic carbocycles. The highest BCUT2D eigenvalue weighted by Gasteiger charge is 2.55. The van der Waals surface area contributed by atoms with Crippen LogP contribution in [0, 0.1) is 35.5 Å². The van der Waals surface area contributed by atoms with Crippen molar-refractivity contribution in [3.8, 4) is 0 Å². The van der Waals surface area contributed by atoms with Crippen molar-refractivity contribution in [2.75, 3.05) is 0 Å². The Kier molecular flexibility index (Phi) is 4.36. The maximum atomic E-state index is 2.79. The van der Waals surface area contributed by atoms with Gasteiger partial charge in [-0.15, -0.1) is 0 Å². The lowest BCUT2D eigenvalue weighted by molar-refractivity contribution is 0.272. The second-order valence-corrected chi connectivity index (χ2v) is 14.7. The predicted molar refractivity (Wildman–Crippen MR) is 96.3 cm³/mol. The Hall–Kier alpha value is 0.217. The molecule has 0 nitrogen and oxygen atoms in total. The third-order valence-electron chi connectivity index (χ3n) is 8.77. The van der Waals surface area contributed by atoms with Gasteiger partial charge >= 0.3 is 0 Å². The molecule has 0 radical (unpaired) electrons. The molecule has 3 fully saturated rings. The normalized spacial score (nSPS) is 51.1. The van der Waals surface area contributed by atoms with Crippen LogP contribution in [0.3, 0.4) is 0 Å². The molecule has 3 aliphatic rings. The van der Waals surface area contributed by atoms with Gasteiger partial charge < -0.3 is 0 Å². The summed E-state index contributed by atoms with van der Waals surface area (Å²) >= 11 is 0. The summed E-state index contributed by atoms with van der Waals surface area (Å²) < 4.78 is 0. The summed E-state index contributed by atoms with van der Waals surface area (Å²) in [5.74, 6) is 6.09. The van der Waals surface area contributed by atoms with Gasteiger partial charge in [0.1, 0.15) is 0 Å². The Morgan fingerprint density at radius 1 is 0.667 bits per heavy atom. The van der Waals surface area contributed by atoms with Gasteiger partial charge in [0.15, 0.2) is 0 Å². The molecule has 0 spiro atoms. The zero-order valence-electron chi connectivity index (χ0n) is 15.4. The Morgan fingerprint density at radius 3 is 1.86 bits per heavy atom. The highest BCUT2D eigenvalue weighted by molar-refractivity contribution is 6.80. The molecule has 0 amide bonds. The summed E-state index contributed by atoms with van der Waals surface area (Å²) in [6.45, 7) is 15.8. The van der Waals surface area contributed by atoms with E-state index in [0.717, 1.165) is 46.6 Å². The minimum absolute atomic E-state index is 0.945. The highest BCUT2D eigenvalue weighted by atomic mass is 28.3. The topological polar surface area (TPSA) is 0 Å². The number of hydrogen-bond donors (Lipinski definition) is 0. The van der Waals surface area contributed by atoms with E-state index in [1.54, 1.807) is 25.7 Å². The van der Waals surface area contributed by atoms with Crippen molar-refractivity contribution in [2.45, 2.75) is 90.4 Å². The fraction of sp³-hybridized carbons (Fsp3) is 1.00. The third kappa shape index (κ3) is 2.46. The van der Waals surface area contributed by atoms with E-state index in [1.165, 1.54) is 12.8 Å². The minimum Gasteiger partial charge on any atom is -0.0689 e. The maximum Gasteiger partial charge on any atom is 0.0544 e. The van der Waals surface area contributed by atoms with E-state index in [0.29, 0.717) is 0 Å². The molecule has 3 saturated carbocycles. The van der Waals surface area contributed by atoms with Crippen LogP contribution >= 0.6 is 0 Å². The minimum atomic E-state index is -1.16. The van der Waals surface area contributed by atoms with Crippen LogP contribution in [0.1, 0.15) is 66.2 Å². The summed E-state index contributed by atoms with van der Waals surface area (Å²) in [6, 6.07) is 0. The Labute approximate surface area is 134 Å². The van der Waals surface area contributed by atoms with E-state index < -0.39 is 8.07 Å². The van der Waals surface area contributed by atoms with Crippen molar-refractivity contribution in [2.24, 2.45) is 35.5 Å². The van der Waals surface area contributed by atoms with Crippen molar-refractivity contribution in [3.05, 3.63) is 0 Å². The van der Waals surface area contributed by atoms with E-state index in [-0.39, 0.29) is 0 Å². The molecule has 122 valence electrons. The van der Waals surface area contributed by atoms with Gasteiger partial charge in [-0.05, 0) is 46.6 Å². The molecule has 0 aliphatic heterocycles. The first-order chi connectivity index (χ1) is 9.85. The molecular formula is C20H38Si. The van der Waals surface area contributed by atoms with Crippen molar-refractivity contribution in [3.63, 3.8) is 0 Å². The molecule has 3 rings (SSSR count). The lowest BCUT2D eigenvalue weighted by atomic mass is 9.82. The van der Waals surface area contributed by atoms with E-state index in [1.807, 2.05) is 0 Å². The van der Waals surface area contributed by atoms with E-state index in [9.17, 15) is 0 Å². The van der Waals surface area contributed by atoms with Crippen LogP contribution in [0.15, 0.2) is 0 Å². The molecule has 0 heterocycles. The first-order valence-electron chi connectivity index (χ1n) is 9.85. The standard InChI is InChI=1S/C20H38Si/c1-13-14(2)16(4)20(15(13)3)21(5,6)19-12-11-17-9-7-8-10-18(17)19/h13-20H,7-12H2,1-6H3. The van der Waals surface area contributed by atoms with Crippen molar-refractivity contribution in [1.29, 1.82) is 0 Å². The molecule has 21 heavy (non-hydrogen) atoms. The number of fused-ring (bicyclic) bond motifs is 1. The molecule has 1 heteroatoms. The quantitative estimate of drug-likeness (QED) is 0.505. The second-order valence-electron chi connectivity index (χ2n) is 9.68. The van der Waals surface area contributed by atoms with Gasteiger partial charge in [-0.1, -0.05) is 79.3 Å². The van der Waals surface area contributed by atoms with E-state index >= 15 is 0 Å². The van der Waals surface area contributed by atoms with Crippen LogP contribution in [0.25, 0.3) is 0 Å². The molecule has 0 saturated heterocycles. The molecule has 0 bridgehead atoms. The van der Waals surface area contributed by atoms with Gasteiger partial charge in [0.05, 0.1) is 8.07 Å². The van der Waals surface area contributed by atoms with Crippen LogP contribution in [0.2, 0.25) is 24.2 Å². The lowest BCUT2D eigenvalue weighted by Gasteiger charge is -2.45. The van der Waals surface area contributed by atoms with Gasteiger partial charge in [0.25, 0.3) is 0 Å². The summed E-state index contributed by atoms with van der Waals surface area (Å²) in [4.78, 5) is 0. The molecule has 7 atom stereocenters. The van der Waals surface area contributed by atoms with Crippen LogP contribution in [-0.4, -0.2) is 8.07 Å². The Bertz CT molecular complexity index is 360. The molecule has 3 aliphatic carbocycles. The zero-order chi connectivity index (χ0) is 15.4. The van der Waals surface area contributed by atoms with Crippen LogP contribution in [0.5, 0.6) is 0 Å². The van der Waals surface area contributed by atoms with Crippen molar-refractivity contribution in [1.82, 2.24) is 0 Å². The van der Waals surface area contributed by atoms with Gasteiger partial charge in [0.2, 0.25) is 0 Å². The first kappa shape index (κ1) is 16.1. The fourth-order valence-electron chi connectivity index (χ4n) is 7.35. The van der Waals surface area contributed by atoms with Crippen molar-refractivity contribution >= 4 is 8.07 Å². The smallest absolute Gasteiger partial charge is 0.0544 e. The van der Waals surface area contributed by atoms with Gasteiger partial charge in [-0.25, -0.2) is 0 Å². The Morgan fingerprint density at radius 2 is 1.24 bits per heavy atom. The van der Waals surface area contributed by atoms with Crippen LogP contribution in [-0.2, 0) is 0 Å². The van der Waals surface area contributed by atoms with Crippen LogP contribution < -0.4 is 0 Å². The Balaban J connectivity index is 1.83. The summed E-state index contributed by atoms with van der Waals surface area (Å²) in [6.07, 6.45) is 9.37. The molecule has 0 aromatic heterocycles. The van der Waals surface area contributed by atoms with Gasteiger partial charge in [0, 0.05) is 0 Å². The van der Waals surface area contributed by atoms with Crippen LogP contribution in [0.4, 0.5) is 0 Å². The molecular weight excluding hydrogens is 268 g/mol. The van der Waals surface area contributed by atoms with Gasteiger partial charge in [-0.2, -0.15) is 0 Å². The average molecular weight is 307 g/mol. The fourth-order valence-corrected chi connectivity index (χ4v) is 13.6. The summed E-state index contributed by atoms with van der Waals surface area (Å²) in [5.41, 5.74) is 2.23. The second kappa shape index (κ2) is 5.69. The number of rotatable bonds is 2. The molecule has 0 N–H and O–H groups in total. The lowest BCUT2D eigenvalue weighted by Crippen LogP contribution is -2.44. The monoisotopic (exact) mass is 306 g/mol. The average Bonchev–Trinajstić information content (AvgIpc) is 2.96. The SMILES string of the molecule is CC1C(C)C(C)C([Si](C)(C)C2CCC3CCCCC32)C1C. The maximum absolute atomic E-state index is 2.79. The van der Waals surface area contributed by atoms with E-state index in [4.69, 9.17) is 0 Å². The van der Waals surface area contributed by atoms with E-state index in [2.05, 4.69) is 40.8 Å². The first-order valence-corrected chi connectivity index (χ1v) is 13.0. The molecule has 7 unspecified atom stereocenters.